The summed E-state index contributed by atoms with van der Waals surface area (Å²) >= 11 is 1.29. The van der Waals surface area contributed by atoms with Crippen LogP contribution in [0.4, 0.5) is 5.82 Å². The fourth-order valence-electron chi connectivity index (χ4n) is 3.35. The predicted octanol–water partition coefficient (Wildman–Crippen LogP) is 3.39. The second-order valence-corrected chi connectivity index (χ2v) is 9.93. The molecule has 7 nitrogen and oxygen atoms in total. The molecule has 1 aromatic carbocycles. The Hall–Kier alpha value is -2.13. The van der Waals surface area contributed by atoms with Crippen LogP contribution in [-0.2, 0) is 10.0 Å². The van der Waals surface area contributed by atoms with Crippen molar-refractivity contribution in [3.8, 4) is 0 Å². The lowest BCUT2D eigenvalue weighted by Crippen LogP contribution is -2.38. The molecule has 1 aromatic heterocycles. The van der Waals surface area contributed by atoms with Crippen LogP contribution in [0.3, 0.4) is 0 Å². The zero-order valence-electron chi connectivity index (χ0n) is 16.9. The third kappa shape index (κ3) is 4.90. The fourth-order valence-corrected chi connectivity index (χ4v) is 4.85. The summed E-state index contributed by atoms with van der Waals surface area (Å²) in [6.45, 7) is 1.89. The van der Waals surface area contributed by atoms with Gasteiger partial charge in [0, 0.05) is 19.3 Å². The first kappa shape index (κ1) is 21.6. The highest BCUT2D eigenvalue weighted by Gasteiger charge is 2.28. The molecule has 9 heteroatoms. The van der Waals surface area contributed by atoms with Gasteiger partial charge in [-0.1, -0.05) is 48.7 Å². The first-order valence-electron chi connectivity index (χ1n) is 9.60. The number of sulfonamides is 1. The number of carbonyl (C=O) groups is 1. The molecule has 3 rings (SSSR count). The number of hydrogen-bond donors (Lipinski definition) is 1. The average molecular weight is 435 g/mol. The normalized spacial score (nSPS) is 15.1. The molecule has 0 saturated heterocycles. The molecule has 0 unspecified atom stereocenters. The van der Waals surface area contributed by atoms with E-state index in [0.29, 0.717) is 5.16 Å². The Morgan fingerprint density at radius 3 is 2.45 bits per heavy atom. The van der Waals surface area contributed by atoms with Gasteiger partial charge in [-0.25, -0.2) is 18.4 Å². The number of aromatic nitrogens is 2. The highest BCUT2D eigenvalue weighted by molar-refractivity contribution is 7.98. The van der Waals surface area contributed by atoms with E-state index in [1.807, 2.05) is 6.92 Å². The van der Waals surface area contributed by atoms with Crippen molar-refractivity contribution in [2.24, 2.45) is 0 Å². The Balaban J connectivity index is 1.95. The lowest BCUT2D eigenvalue weighted by atomic mass is 9.95. The lowest BCUT2D eigenvalue weighted by Gasteiger charge is -2.25. The van der Waals surface area contributed by atoms with Crippen LogP contribution < -0.4 is 9.62 Å². The Morgan fingerprint density at radius 1 is 1.17 bits per heavy atom. The number of rotatable bonds is 6. The van der Waals surface area contributed by atoms with Gasteiger partial charge in [0.2, 0.25) is 0 Å². The van der Waals surface area contributed by atoms with Gasteiger partial charge in [-0.3, -0.25) is 9.10 Å². The Labute approximate surface area is 176 Å². The van der Waals surface area contributed by atoms with E-state index in [1.165, 1.54) is 31.4 Å². The molecule has 29 heavy (non-hydrogen) atoms. The molecule has 1 heterocycles. The van der Waals surface area contributed by atoms with E-state index in [0.717, 1.165) is 35.6 Å². The summed E-state index contributed by atoms with van der Waals surface area (Å²) < 4.78 is 27.3. The number of amides is 1. The van der Waals surface area contributed by atoms with E-state index < -0.39 is 10.0 Å². The maximum absolute atomic E-state index is 13.1. The van der Waals surface area contributed by atoms with Gasteiger partial charge in [-0.05, 0) is 38.2 Å². The quantitative estimate of drug-likeness (QED) is 0.553. The molecule has 1 aliphatic rings. The van der Waals surface area contributed by atoms with Crippen LogP contribution in [0.15, 0.2) is 40.5 Å². The molecule has 0 spiro atoms. The molecule has 1 amide bonds. The summed E-state index contributed by atoms with van der Waals surface area (Å²) in [5, 5.41) is 3.42. The molecule has 156 valence electrons. The van der Waals surface area contributed by atoms with Crippen LogP contribution in [0.1, 0.15) is 48.0 Å². The minimum atomic E-state index is -3.87. The van der Waals surface area contributed by atoms with Crippen molar-refractivity contribution in [2.45, 2.75) is 55.1 Å². The molecule has 0 radical (unpaired) electrons. The van der Waals surface area contributed by atoms with Crippen LogP contribution >= 0.6 is 11.8 Å². The van der Waals surface area contributed by atoms with Gasteiger partial charge in [-0.15, -0.1) is 0 Å². The highest BCUT2D eigenvalue weighted by atomic mass is 32.2. The summed E-state index contributed by atoms with van der Waals surface area (Å²) in [4.78, 5) is 21.6. The third-order valence-corrected chi connectivity index (χ3v) is 7.42. The second kappa shape index (κ2) is 9.13. The molecule has 0 aliphatic heterocycles. The van der Waals surface area contributed by atoms with Crippen LogP contribution in [0.5, 0.6) is 0 Å². The van der Waals surface area contributed by atoms with Crippen molar-refractivity contribution in [3.63, 3.8) is 0 Å². The first-order valence-corrected chi connectivity index (χ1v) is 12.3. The number of aryl methyl sites for hydroxylation is 1. The summed E-state index contributed by atoms with van der Waals surface area (Å²) in [5.74, 6) is -0.260. The van der Waals surface area contributed by atoms with E-state index in [1.54, 1.807) is 30.5 Å². The monoisotopic (exact) mass is 434 g/mol. The first-order chi connectivity index (χ1) is 13.8. The number of anilines is 1. The van der Waals surface area contributed by atoms with Crippen LogP contribution in [-0.4, -0.2) is 43.6 Å². The van der Waals surface area contributed by atoms with Gasteiger partial charge in [0.1, 0.15) is 5.56 Å². The Bertz CT molecular complexity index is 972. The SMILES string of the molecule is CSc1ncc(C(=O)NC2CCCCC2)c(N(C)S(=O)(=O)c2ccc(C)cc2)n1. The Kier molecular flexibility index (Phi) is 6.79. The van der Waals surface area contributed by atoms with E-state index in [4.69, 9.17) is 0 Å². The summed E-state index contributed by atoms with van der Waals surface area (Å²) in [7, 11) is -2.45. The van der Waals surface area contributed by atoms with E-state index in [2.05, 4.69) is 15.3 Å². The lowest BCUT2D eigenvalue weighted by molar-refractivity contribution is 0.0927. The van der Waals surface area contributed by atoms with E-state index in [9.17, 15) is 13.2 Å². The van der Waals surface area contributed by atoms with Gasteiger partial charge in [-0.2, -0.15) is 0 Å². The van der Waals surface area contributed by atoms with Gasteiger partial charge in [0.05, 0.1) is 4.90 Å². The van der Waals surface area contributed by atoms with E-state index >= 15 is 0 Å². The molecule has 1 aliphatic carbocycles. The molecule has 0 bridgehead atoms. The summed E-state index contributed by atoms with van der Waals surface area (Å²) in [5.41, 5.74) is 1.12. The van der Waals surface area contributed by atoms with Crippen molar-refractivity contribution in [2.75, 3.05) is 17.6 Å². The van der Waals surface area contributed by atoms with E-state index in [-0.39, 0.29) is 28.2 Å². The largest absolute Gasteiger partial charge is 0.349 e. The minimum Gasteiger partial charge on any atom is -0.349 e. The van der Waals surface area contributed by atoms with Crippen molar-refractivity contribution in [1.82, 2.24) is 15.3 Å². The van der Waals surface area contributed by atoms with Crippen LogP contribution in [0.25, 0.3) is 0 Å². The standard InChI is InChI=1S/C20H26N4O3S2/c1-14-9-11-16(12-10-14)29(26,27)24(2)18-17(13-21-20(23-18)28-3)19(25)22-15-7-5-4-6-8-15/h9-13,15H,4-8H2,1-3H3,(H,22,25). The number of nitrogens with one attached hydrogen (secondary N) is 1. The third-order valence-electron chi connectivity index (χ3n) is 5.09. The topological polar surface area (TPSA) is 92.3 Å². The fraction of sp³-hybridized carbons (Fsp3) is 0.450. The zero-order valence-corrected chi connectivity index (χ0v) is 18.5. The molecule has 1 N–H and O–H groups in total. The molecule has 2 aromatic rings. The number of nitrogens with zero attached hydrogens (tertiary/aromatic N) is 3. The van der Waals surface area contributed by atoms with Gasteiger partial charge in [0.15, 0.2) is 11.0 Å². The number of carbonyl (C=O) groups excluding carboxylic acids is 1. The highest BCUT2D eigenvalue weighted by Crippen LogP contribution is 2.26. The van der Waals surface area contributed by atoms with Crippen molar-refractivity contribution in [3.05, 3.63) is 41.6 Å². The summed E-state index contributed by atoms with van der Waals surface area (Å²) in [6, 6.07) is 6.69. The molecule has 0 atom stereocenters. The number of benzene rings is 1. The second-order valence-electron chi connectivity index (χ2n) is 7.19. The van der Waals surface area contributed by atoms with Crippen LogP contribution in [0, 0.1) is 6.92 Å². The minimum absolute atomic E-state index is 0.0817. The smallest absolute Gasteiger partial charge is 0.265 e. The predicted molar refractivity (Wildman–Crippen MR) is 115 cm³/mol. The van der Waals surface area contributed by atoms with Gasteiger partial charge >= 0.3 is 0 Å². The maximum Gasteiger partial charge on any atom is 0.265 e. The average Bonchev–Trinajstić information content (AvgIpc) is 2.73. The zero-order chi connectivity index (χ0) is 21.0. The van der Waals surface area contributed by atoms with Crippen LogP contribution in [0.2, 0.25) is 0 Å². The Morgan fingerprint density at radius 2 is 1.83 bits per heavy atom. The molecular weight excluding hydrogens is 408 g/mol. The van der Waals surface area contributed by atoms with Crippen molar-refractivity contribution in [1.29, 1.82) is 0 Å². The van der Waals surface area contributed by atoms with Gasteiger partial charge in [0.25, 0.3) is 15.9 Å². The molecule has 1 saturated carbocycles. The number of thioether (sulfide) groups is 1. The maximum atomic E-state index is 13.1. The van der Waals surface area contributed by atoms with Crippen molar-refractivity contribution < 1.29 is 13.2 Å². The molecular formula is C20H26N4O3S2. The number of hydrogen-bond acceptors (Lipinski definition) is 6. The summed E-state index contributed by atoms with van der Waals surface area (Å²) in [6.07, 6.45) is 8.43. The van der Waals surface area contributed by atoms with Gasteiger partial charge < -0.3 is 5.32 Å². The molecule has 1 fully saturated rings. The van der Waals surface area contributed by atoms with Crippen molar-refractivity contribution >= 4 is 33.5 Å².